The van der Waals surface area contributed by atoms with E-state index in [0.29, 0.717) is 0 Å². The van der Waals surface area contributed by atoms with Crippen molar-refractivity contribution in [1.82, 2.24) is 0 Å². The Bertz CT molecular complexity index is 46.1. The van der Waals surface area contributed by atoms with Crippen LogP contribution < -0.4 is 5.90 Å². The molecule has 40 valence electrons. The minimum atomic E-state index is -1.47. The third-order valence-electron chi connectivity index (χ3n) is 0.101. The van der Waals surface area contributed by atoms with Crippen molar-refractivity contribution >= 4 is 6.16 Å². The van der Waals surface area contributed by atoms with Crippen LogP contribution in [-0.4, -0.2) is 11.3 Å². The number of hydrogen-bond acceptors (Lipinski definition) is 3. The molecule has 0 aliphatic rings. The van der Waals surface area contributed by atoms with Gasteiger partial charge in [-0.3, -0.25) is 0 Å². The first-order valence-corrected chi connectivity index (χ1v) is 0.868. The molecule has 0 saturated carbocycles. The molecule has 0 aliphatic carbocycles. The summed E-state index contributed by atoms with van der Waals surface area (Å²) in [5, 5.41) is 7.38. The van der Waals surface area contributed by atoms with Gasteiger partial charge in [-0.1, -0.05) is 0 Å². The van der Waals surface area contributed by atoms with Crippen LogP contribution in [0.4, 0.5) is 4.79 Å². The van der Waals surface area contributed by atoms with Crippen LogP contribution in [0, 0.1) is 0 Å². The predicted molar refractivity (Wildman–Crippen MR) is 13.3 cm³/mol. The molecule has 0 aromatic carbocycles. The molecule has 0 radical (unpaired) electrons. The number of carbonyl (C=O) groups is 1. The Balaban J connectivity index is 0. The minimum Gasteiger partial charge on any atom is -0.448 e. The van der Waals surface area contributed by atoms with Crippen molar-refractivity contribution < 1.29 is 31.2 Å². The third kappa shape index (κ3) is 9.30. The van der Waals surface area contributed by atoms with Gasteiger partial charge in [-0.2, -0.15) is 5.90 Å². The average molecular weight is 136 g/mol. The van der Waals surface area contributed by atoms with E-state index in [1.54, 1.807) is 0 Å². The third-order valence-corrected chi connectivity index (χ3v) is 0.101. The molecule has 6 heavy (non-hydrogen) atoms. The zero-order valence-corrected chi connectivity index (χ0v) is 3.64. The zero-order valence-electron chi connectivity index (χ0n) is 2.66. The molecule has 0 aromatic rings. The van der Waals surface area contributed by atoms with E-state index >= 15 is 0 Å². The van der Waals surface area contributed by atoms with E-state index in [4.69, 9.17) is 9.90 Å². The largest absolute Gasteiger partial charge is 0.524 e. The summed E-state index contributed by atoms with van der Waals surface area (Å²) >= 11 is 0. The van der Waals surface area contributed by atoms with Gasteiger partial charge in [0.25, 0.3) is 0 Å². The van der Waals surface area contributed by atoms with Gasteiger partial charge in [0.2, 0.25) is 0 Å². The molecule has 0 atom stereocenters. The summed E-state index contributed by atoms with van der Waals surface area (Å²) in [4.78, 5) is 12.2. The summed E-state index contributed by atoms with van der Waals surface area (Å²) in [6.07, 6.45) is -1.47. The van der Waals surface area contributed by atoms with E-state index in [-0.39, 0.29) is 16.5 Å². The molecule has 0 fully saturated rings. The Morgan fingerprint density at radius 3 is 2.00 bits per heavy atom. The SMILES string of the molecule is NOC(=O)O.[Ni]. The number of carboxylic acid groups (broad SMARTS) is 1. The van der Waals surface area contributed by atoms with Gasteiger partial charge in [0, 0.05) is 16.5 Å². The second kappa shape index (κ2) is 4.72. The van der Waals surface area contributed by atoms with Gasteiger partial charge in [0.15, 0.2) is 0 Å². The summed E-state index contributed by atoms with van der Waals surface area (Å²) in [7, 11) is 0. The summed E-state index contributed by atoms with van der Waals surface area (Å²) < 4.78 is 0. The first-order valence-electron chi connectivity index (χ1n) is 0.868. The molecule has 0 unspecified atom stereocenters. The smallest absolute Gasteiger partial charge is 0.448 e. The molecule has 5 heteroatoms. The van der Waals surface area contributed by atoms with E-state index < -0.39 is 6.16 Å². The number of rotatable bonds is 0. The number of nitrogens with two attached hydrogens (primary N) is 1. The van der Waals surface area contributed by atoms with Crippen LogP contribution in [0.2, 0.25) is 0 Å². The molecule has 0 aromatic heterocycles. The van der Waals surface area contributed by atoms with Crippen molar-refractivity contribution in [2.24, 2.45) is 5.90 Å². The Morgan fingerprint density at radius 1 is 1.83 bits per heavy atom. The molecule has 0 aliphatic heterocycles. The second-order valence-corrected chi connectivity index (χ2v) is 0.384. The van der Waals surface area contributed by atoms with E-state index in [1.165, 1.54) is 0 Å². The van der Waals surface area contributed by atoms with Gasteiger partial charge in [-0.05, 0) is 0 Å². The number of hydrogen-bond donors (Lipinski definition) is 2. The predicted octanol–water partition coefficient (Wildman–Crippen LogP) is -0.448. The topological polar surface area (TPSA) is 72.5 Å². The van der Waals surface area contributed by atoms with Crippen molar-refractivity contribution in [3.8, 4) is 0 Å². The Labute approximate surface area is 44.1 Å². The Hall–Kier alpha value is -0.276. The van der Waals surface area contributed by atoms with Crippen LogP contribution in [0.3, 0.4) is 0 Å². The van der Waals surface area contributed by atoms with Crippen LogP contribution in [0.25, 0.3) is 0 Å². The van der Waals surface area contributed by atoms with Crippen LogP contribution in [0.1, 0.15) is 0 Å². The van der Waals surface area contributed by atoms with Gasteiger partial charge in [-0.15, -0.1) is 0 Å². The molecule has 0 heterocycles. The maximum atomic E-state index is 9.02. The van der Waals surface area contributed by atoms with Crippen LogP contribution in [0.5, 0.6) is 0 Å². The minimum absolute atomic E-state index is 0. The fourth-order valence-corrected chi connectivity index (χ4v) is 0. The van der Waals surface area contributed by atoms with E-state index in [1.807, 2.05) is 0 Å². The molecule has 0 spiro atoms. The summed E-state index contributed by atoms with van der Waals surface area (Å²) in [5.41, 5.74) is 0. The van der Waals surface area contributed by atoms with Crippen molar-refractivity contribution in [3.05, 3.63) is 0 Å². The molecule has 0 rings (SSSR count). The fraction of sp³-hybridized carbons (Fsp3) is 0. The normalized spacial score (nSPS) is 5.50. The summed E-state index contributed by atoms with van der Waals surface area (Å²) in [5.74, 6) is 4.07. The van der Waals surface area contributed by atoms with Crippen molar-refractivity contribution in [1.29, 1.82) is 0 Å². The van der Waals surface area contributed by atoms with Gasteiger partial charge < -0.3 is 9.94 Å². The molecule has 4 nitrogen and oxygen atoms in total. The standard InChI is InChI=1S/CH3NO3.Ni/c2-5-1(3)4;/h2H2,(H,3,4);. The van der Waals surface area contributed by atoms with Crippen LogP contribution >= 0.6 is 0 Å². The van der Waals surface area contributed by atoms with Crippen LogP contribution in [0.15, 0.2) is 0 Å². The first kappa shape index (κ1) is 9.21. The quantitative estimate of drug-likeness (QED) is 0.349. The van der Waals surface area contributed by atoms with E-state index in [2.05, 4.69) is 10.7 Å². The first-order chi connectivity index (χ1) is 2.27. The maximum absolute atomic E-state index is 9.02. The Morgan fingerprint density at radius 2 is 2.00 bits per heavy atom. The summed E-state index contributed by atoms with van der Waals surface area (Å²) in [6.45, 7) is 0. The zero-order chi connectivity index (χ0) is 4.28. The van der Waals surface area contributed by atoms with Gasteiger partial charge in [-0.25, -0.2) is 4.79 Å². The van der Waals surface area contributed by atoms with E-state index in [0.717, 1.165) is 0 Å². The van der Waals surface area contributed by atoms with E-state index in [9.17, 15) is 0 Å². The fourth-order valence-electron chi connectivity index (χ4n) is 0. The molecule has 0 saturated heterocycles. The molecular formula is CH3NNiO3. The van der Waals surface area contributed by atoms with Crippen molar-refractivity contribution in [2.45, 2.75) is 0 Å². The van der Waals surface area contributed by atoms with Crippen molar-refractivity contribution in [3.63, 3.8) is 0 Å². The van der Waals surface area contributed by atoms with Crippen molar-refractivity contribution in [2.75, 3.05) is 0 Å². The second-order valence-electron chi connectivity index (χ2n) is 0.384. The van der Waals surface area contributed by atoms with Gasteiger partial charge in [0.1, 0.15) is 0 Å². The van der Waals surface area contributed by atoms with Gasteiger partial charge >= 0.3 is 6.16 Å². The maximum Gasteiger partial charge on any atom is 0.524 e. The Kier molecular flexibility index (Phi) is 7.25. The monoisotopic (exact) mass is 135 g/mol. The average Bonchev–Trinajstić information content (AvgIpc) is 1.38. The van der Waals surface area contributed by atoms with Crippen LogP contribution in [-0.2, 0) is 21.3 Å². The molecule has 0 bridgehead atoms. The summed E-state index contributed by atoms with van der Waals surface area (Å²) in [6, 6.07) is 0. The molecule has 3 N–H and O–H groups in total. The molecule has 0 amide bonds. The van der Waals surface area contributed by atoms with Gasteiger partial charge in [0.05, 0.1) is 0 Å². The molecular weight excluding hydrogens is 133 g/mol.